The molecule has 0 aromatic heterocycles. The Labute approximate surface area is 145 Å². The number of benzene rings is 2. The molecular formula is C17H18ClN3O3. The van der Waals surface area contributed by atoms with E-state index in [4.69, 9.17) is 16.3 Å². The van der Waals surface area contributed by atoms with Crippen molar-refractivity contribution in [1.29, 1.82) is 0 Å². The van der Waals surface area contributed by atoms with Crippen molar-refractivity contribution in [1.82, 2.24) is 5.43 Å². The fraction of sp³-hybridized carbons (Fsp3) is 0.176. The Morgan fingerprint density at radius 1 is 1.33 bits per heavy atom. The summed E-state index contributed by atoms with van der Waals surface area (Å²) in [5.41, 5.74) is 4.60. The van der Waals surface area contributed by atoms with Crippen LogP contribution in [0, 0.1) is 6.92 Å². The number of nitrogens with zero attached hydrogens (tertiary/aromatic N) is 1. The summed E-state index contributed by atoms with van der Waals surface area (Å²) in [6.07, 6.45) is 1.35. The Bertz CT molecular complexity index is 763. The topological polar surface area (TPSA) is 83.0 Å². The van der Waals surface area contributed by atoms with Gasteiger partial charge in [0, 0.05) is 16.3 Å². The van der Waals surface area contributed by atoms with Crippen LogP contribution in [-0.4, -0.2) is 30.9 Å². The second kappa shape index (κ2) is 8.21. The smallest absolute Gasteiger partial charge is 0.259 e. The van der Waals surface area contributed by atoms with Crippen LogP contribution in [-0.2, 0) is 4.79 Å². The summed E-state index contributed by atoms with van der Waals surface area (Å²) in [6.45, 7) is 1.96. The SMILES string of the molecule is COc1ccc(O)c(C=NNC(=O)CNc2ccc(Cl)cc2C)c1. The highest BCUT2D eigenvalue weighted by Gasteiger charge is 2.04. The third-order valence-corrected chi connectivity index (χ3v) is 3.49. The molecule has 126 valence electrons. The van der Waals surface area contributed by atoms with Gasteiger partial charge in [0.15, 0.2) is 0 Å². The number of hydrogen-bond acceptors (Lipinski definition) is 5. The molecule has 0 heterocycles. The molecule has 0 bridgehead atoms. The van der Waals surface area contributed by atoms with E-state index in [0.29, 0.717) is 16.3 Å². The maximum Gasteiger partial charge on any atom is 0.259 e. The number of methoxy groups -OCH3 is 1. The van der Waals surface area contributed by atoms with Crippen LogP contribution in [0.1, 0.15) is 11.1 Å². The number of rotatable bonds is 6. The van der Waals surface area contributed by atoms with E-state index >= 15 is 0 Å². The third kappa shape index (κ3) is 4.89. The molecule has 0 aliphatic heterocycles. The first kappa shape index (κ1) is 17.6. The summed E-state index contributed by atoms with van der Waals surface area (Å²) in [6, 6.07) is 10.1. The van der Waals surface area contributed by atoms with Gasteiger partial charge in [-0.25, -0.2) is 5.43 Å². The molecule has 3 N–H and O–H groups in total. The highest BCUT2D eigenvalue weighted by molar-refractivity contribution is 6.30. The fourth-order valence-corrected chi connectivity index (χ4v) is 2.20. The predicted molar refractivity (Wildman–Crippen MR) is 95.1 cm³/mol. The number of carbonyl (C=O) groups excluding carboxylic acids is 1. The van der Waals surface area contributed by atoms with Gasteiger partial charge in [-0.05, 0) is 48.9 Å². The number of aryl methyl sites for hydroxylation is 1. The van der Waals surface area contributed by atoms with Crippen LogP contribution in [0.3, 0.4) is 0 Å². The summed E-state index contributed by atoms with van der Waals surface area (Å²) in [4.78, 5) is 11.8. The van der Waals surface area contributed by atoms with Gasteiger partial charge in [-0.1, -0.05) is 11.6 Å². The monoisotopic (exact) mass is 347 g/mol. The van der Waals surface area contributed by atoms with Crippen LogP contribution in [0.4, 0.5) is 5.69 Å². The highest BCUT2D eigenvalue weighted by Crippen LogP contribution is 2.21. The zero-order valence-corrected chi connectivity index (χ0v) is 14.1. The van der Waals surface area contributed by atoms with Gasteiger partial charge in [0.2, 0.25) is 0 Å². The number of nitrogens with one attached hydrogen (secondary N) is 2. The standard InChI is InChI=1S/C17H18ClN3O3/c1-11-7-13(18)3-5-15(11)19-10-17(23)21-20-9-12-8-14(24-2)4-6-16(12)22/h3-9,19,22H,10H2,1-2H3,(H,21,23). The van der Waals surface area contributed by atoms with Crippen molar-refractivity contribution in [2.75, 3.05) is 19.0 Å². The molecule has 2 aromatic carbocycles. The maximum atomic E-state index is 11.8. The van der Waals surface area contributed by atoms with E-state index in [1.807, 2.05) is 19.1 Å². The van der Waals surface area contributed by atoms with Crippen molar-refractivity contribution in [3.8, 4) is 11.5 Å². The Morgan fingerprint density at radius 3 is 2.83 bits per heavy atom. The molecule has 0 aliphatic rings. The van der Waals surface area contributed by atoms with Crippen LogP contribution >= 0.6 is 11.6 Å². The Kier molecular flexibility index (Phi) is 6.03. The van der Waals surface area contributed by atoms with Gasteiger partial charge < -0.3 is 15.2 Å². The average Bonchev–Trinajstić information content (AvgIpc) is 2.55. The van der Waals surface area contributed by atoms with Crippen molar-refractivity contribution >= 4 is 29.4 Å². The Morgan fingerprint density at radius 2 is 2.12 bits per heavy atom. The van der Waals surface area contributed by atoms with Crippen LogP contribution in [0.25, 0.3) is 0 Å². The summed E-state index contributed by atoms with van der Waals surface area (Å²) in [7, 11) is 1.53. The van der Waals surface area contributed by atoms with E-state index in [2.05, 4.69) is 15.8 Å². The minimum atomic E-state index is -0.317. The molecule has 0 atom stereocenters. The number of carbonyl (C=O) groups is 1. The second-order valence-corrected chi connectivity index (χ2v) is 5.47. The number of amides is 1. The van der Waals surface area contributed by atoms with Crippen molar-refractivity contribution in [2.24, 2.45) is 5.10 Å². The van der Waals surface area contributed by atoms with Gasteiger partial charge in [0.25, 0.3) is 5.91 Å². The lowest BCUT2D eigenvalue weighted by Gasteiger charge is -2.08. The third-order valence-electron chi connectivity index (χ3n) is 3.26. The first-order valence-electron chi connectivity index (χ1n) is 7.18. The van der Waals surface area contributed by atoms with Gasteiger partial charge >= 0.3 is 0 Å². The normalized spacial score (nSPS) is 10.6. The number of hydrogen-bond donors (Lipinski definition) is 3. The number of phenols is 1. The van der Waals surface area contributed by atoms with E-state index in [-0.39, 0.29) is 18.2 Å². The molecule has 2 rings (SSSR count). The first-order valence-corrected chi connectivity index (χ1v) is 7.56. The zero-order chi connectivity index (χ0) is 17.5. The fourth-order valence-electron chi connectivity index (χ4n) is 1.98. The molecule has 0 spiro atoms. The van der Waals surface area contributed by atoms with Crippen molar-refractivity contribution in [3.63, 3.8) is 0 Å². The van der Waals surface area contributed by atoms with E-state index in [0.717, 1.165) is 11.3 Å². The summed E-state index contributed by atoms with van der Waals surface area (Å²) < 4.78 is 5.06. The molecule has 24 heavy (non-hydrogen) atoms. The average molecular weight is 348 g/mol. The molecule has 0 aliphatic carbocycles. The van der Waals surface area contributed by atoms with E-state index in [1.54, 1.807) is 18.2 Å². The minimum Gasteiger partial charge on any atom is -0.507 e. The quantitative estimate of drug-likeness (QED) is 0.554. The van der Waals surface area contributed by atoms with Crippen molar-refractivity contribution < 1.29 is 14.6 Å². The molecule has 0 unspecified atom stereocenters. The summed E-state index contributed by atoms with van der Waals surface area (Å²) >= 11 is 5.89. The number of aromatic hydroxyl groups is 1. The summed E-state index contributed by atoms with van der Waals surface area (Å²) in [5, 5.41) is 17.2. The van der Waals surface area contributed by atoms with Crippen LogP contribution < -0.4 is 15.5 Å². The largest absolute Gasteiger partial charge is 0.507 e. The minimum absolute atomic E-state index is 0.0451. The number of hydrazone groups is 1. The van der Waals surface area contributed by atoms with E-state index in [1.165, 1.54) is 19.4 Å². The molecule has 2 aromatic rings. The predicted octanol–water partition coefficient (Wildman–Crippen LogP) is 2.92. The first-order chi connectivity index (χ1) is 11.5. The second-order valence-electron chi connectivity index (χ2n) is 5.03. The number of halogens is 1. The summed E-state index contributed by atoms with van der Waals surface area (Å²) in [5.74, 6) is 0.312. The highest BCUT2D eigenvalue weighted by atomic mass is 35.5. The lowest BCUT2D eigenvalue weighted by Crippen LogP contribution is -2.26. The lowest BCUT2D eigenvalue weighted by molar-refractivity contribution is -0.119. The van der Waals surface area contributed by atoms with Gasteiger partial charge in [-0.2, -0.15) is 5.10 Å². The molecule has 1 amide bonds. The zero-order valence-electron chi connectivity index (χ0n) is 13.3. The van der Waals surface area contributed by atoms with Gasteiger partial charge in [-0.15, -0.1) is 0 Å². The molecule has 7 heteroatoms. The van der Waals surface area contributed by atoms with Gasteiger partial charge in [0.05, 0.1) is 19.9 Å². The molecule has 0 saturated carbocycles. The van der Waals surface area contributed by atoms with Crippen LogP contribution in [0.15, 0.2) is 41.5 Å². The van der Waals surface area contributed by atoms with Gasteiger partial charge in [-0.3, -0.25) is 4.79 Å². The molecular weight excluding hydrogens is 330 g/mol. The Balaban J connectivity index is 1.89. The number of ether oxygens (including phenoxy) is 1. The van der Waals surface area contributed by atoms with E-state index in [9.17, 15) is 9.90 Å². The molecule has 0 radical (unpaired) electrons. The molecule has 6 nitrogen and oxygen atoms in total. The Hall–Kier alpha value is -2.73. The van der Waals surface area contributed by atoms with E-state index < -0.39 is 0 Å². The van der Waals surface area contributed by atoms with Crippen LogP contribution in [0.5, 0.6) is 11.5 Å². The van der Waals surface area contributed by atoms with Crippen molar-refractivity contribution in [2.45, 2.75) is 6.92 Å². The number of phenolic OH excluding ortho intramolecular Hbond substituents is 1. The van der Waals surface area contributed by atoms with Crippen LogP contribution in [0.2, 0.25) is 5.02 Å². The number of anilines is 1. The molecule has 0 saturated heterocycles. The van der Waals surface area contributed by atoms with Gasteiger partial charge in [0.1, 0.15) is 11.5 Å². The molecule has 0 fully saturated rings. The van der Waals surface area contributed by atoms with Crippen molar-refractivity contribution in [3.05, 3.63) is 52.5 Å². The lowest BCUT2D eigenvalue weighted by atomic mass is 10.2. The maximum absolute atomic E-state index is 11.8.